The lowest BCUT2D eigenvalue weighted by Crippen LogP contribution is -2.49. The molecule has 136 valence electrons. The second kappa shape index (κ2) is 8.34. The van der Waals surface area contributed by atoms with E-state index >= 15 is 0 Å². The van der Waals surface area contributed by atoms with E-state index in [1.165, 1.54) is 0 Å². The number of amides is 3. The molecule has 2 N–H and O–H groups in total. The van der Waals surface area contributed by atoms with Crippen LogP contribution in [0.15, 0.2) is 24.3 Å². The van der Waals surface area contributed by atoms with Crippen molar-refractivity contribution >= 4 is 35.0 Å². The lowest BCUT2D eigenvalue weighted by molar-refractivity contribution is -0.131. The van der Waals surface area contributed by atoms with E-state index < -0.39 is 12.0 Å². The third kappa shape index (κ3) is 4.95. The first-order chi connectivity index (χ1) is 11.8. The van der Waals surface area contributed by atoms with Crippen LogP contribution in [0, 0.1) is 5.92 Å². The minimum atomic E-state index is -0.638. The Bertz CT molecular complexity index is 647. The van der Waals surface area contributed by atoms with E-state index in [9.17, 15) is 14.4 Å². The number of halogens is 1. The lowest BCUT2D eigenvalue weighted by Gasteiger charge is -2.20. The molecule has 1 heterocycles. The van der Waals surface area contributed by atoms with Gasteiger partial charge in [0, 0.05) is 29.7 Å². The molecular formula is C18H24ClN3O3. The van der Waals surface area contributed by atoms with E-state index in [0.29, 0.717) is 17.3 Å². The molecule has 1 aromatic carbocycles. The number of nitrogens with zero attached hydrogens (tertiary/aromatic N) is 1. The molecule has 0 bridgehead atoms. The first-order valence-corrected chi connectivity index (χ1v) is 8.86. The smallest absolute Gasteiger partial charge is 0.242 e. The molecule has 3 amide bonds. The van der Waals surface area contributed by atoms with Gasteiger partial charge < -0.3 is 15.5 Å². The minimum Gasteiger partial charge on any atom is -0.352 e. The number of rotatable bonds is 6. The van der Waals surface area contributed by atoms with E-state index in [0.717, 1.165) is 6.42 Å². The van der Waals surface area contributed by atoms with Gasteiger partial charge in [-0.25, -0.2) is 0 Å². The van der Waals surface area contributed by atoms with Crippen LogP contribution in [-0.2, 0) is 14.4 Å². The fourth-order valence-electron chi connectivity index (χ4n) is 2.62. The summed E-state index contributed by atoms with van der Waals surface area (Å²) in [6, 6.07) is 6.34. The van der Waals surface area contributed by atoms with Crippen molar-refractivity contribution in [3.63, 3.8) is 0 Å². The van der Waals surface area contributed by atoms with Crippen molar-refractivity contribution in [1.29, 1.82) is 0 Å². The Morgan fingerprint density at radius 1 is 1.24 bits per heavy atom. The maximum atomic E-state index is 12.4. The van der Waals surface area contributed by atoms with Gasteiger partial charge in [0.05, 0.1) is 5.92 Å². The number of anilines is 1. The summed E-state index contributed by atoms with van der Waals surface area (Å²) in [5.74, 6) is -1.08. The number of benzene rings is 1. The number of hydrogen-bond acceptors (Lipinski definition) is 3. The van der Waals surface area contributed by atoms with Crippen molar-refractivity contribution < 1.29 is 14.4 Å². The highest BCUT2D eigenvalue weighted by molar-refractivity contribution is 6.30. The Hall–Kier alpha value is -2.08. The number of carbonyl (C=O) groups excluding carboxylic acids is 3. The molecule has 7 heteroatoms. The van der Waals surface area contributed by atoms with Gasteiger partial charge in [-0.1, -0.05) is 18.5 Å². The van der Waals surface area contributed by atoms with Gasteiger partial charge in [0.15, 0.2) is 0 Å². The van der Waals surface area contributed by atoms with Crippen molar-refractivity contribution in [3.8, 4) is 0 Å². The van der Waals surface area contributed by atoms with E-state index in [2.05, 4.69) is 10.6 Å². The molecule has 0 radical (unpaired) electrons. The maximum absolute atomic E-state index is 12.4. The predicted octanol–water partition coefficient (Wildman–Crippen LogP) is 2.11. The van der Waals surface area contributed by atoms with Crippen LogP contribution in [0.4, 0.5) is 5.69 Å². The highest BCUT2D eigenvalue weighted by Crippen LogP contribution is 2.26. The van der Waals surface area contributed by atoms with E-state index in [-0.39, 0.29) is 30.2 Å². The van der Waals surface area contributed by atoms with E-state index in [4.69, 9.17) is 11.6 Å². The maximum Gasteiger partial charge on any atom is 0.242 e. The Labute approximate surface area is 152 Å². The summed E-state index contributed by atoms with van der Waals surface area (Å²) in [7, 11) is 0. The van der Waals surface area contributed by atoms with Crippen molar-refractivity contribution in [3.05, 3.63) is 29.3 Å². The zero-order chi connectivity index (χ0) is 18.6. The van der Waals surface area contributed by atoms with Crippen LogP contribution >= 0.6 is 11.6 Å². The van der Waals surface area contributed by atoms with Crippen LogP contribution in [0.5, 0.6) is 0 Å². The summed E-state index contributed by atoms with van der Waals surface area (Å²) in [5, 5.41) is 6.12. The summed E-state index contributed by atoms with van der Waals surface area (Å²) in [5.41, 5.74) is 0.715. The molecule has 25 heavy (non-hydrogen) atoms. The SMILES string of the molecule is CCC(C)NC(=O)C(C)NC(=O)C1CC(=O)N(c2ccc(Cl)cc2)C1. The summed E-state index contributed by atoms with van der Waals surface area (Å²) < 4.78 is 0. The van der Waals surface area contributed by atoms with Crippen molar-refractivity contribution in [2.75, 3.05) is 11.4 Å². The van der Waals surface area contributed by atoms with Gasteiger partial charge >= 0.3 is 0 Å². The molecule has 1 aliphatic rings. The number of hydrogen-bond donors (Lipinski definition) is 2. The van der Waals surface area contributed by atoms with Crippen LogP contribution in [0.1, 0.15) is 33.6 Å². The number of nitrogens with one attached hydrogen (secondary N) is 2. The molecule has 1 aromatic rings. The van der Waals surface area contributed by atoms with Gasteiger partial charge in [0.2, 0.25) is 17.7 Å². The average molecular weight is 366 g/mol. The van der Waals surface area contributed by atoms with Crippen LogP contribution in [0.25, 0.3) is 0 Å². The Kier molecular flexibility index (Phi) is 6.42. The normalized spacial score (nSPS) is 19.4. The average Bonchev–Trinajstić information content (AvgIpc) is 2.97. The van der Waals surface area contributed by atoms with Crippen molar-refractivity contribution in [2.45, 2.75) is 45.7 Å². The van der Waals surface area contributed by atoms with Gasteiger partial charge in [-0.2, -0.15) is 0 Å². The Balaban J connectivity index is 1.93. The highest BCUT2D eigenvalue weighted by Gasteiger charge is 2.36. The summed E-state index contributed by atoms with van der Waals surface area (Å²) in [4.78, 5) is 38.2. The van der Waals surface area contributed by atoms with Crippen molar-refractivity contribution in [1.82, 2.24) is 10.6 Å². The lowest BCUT2D eigenvalue weighted by atomic mass is 10.1. The highest BCUT2D eigenvalue weighted by atomic mass is 35.5. The van der Waals surface area contributed by atoms with Crippen LogP contribution in [0.3, 0.4) is 0 Å². The molecule has 2 rings (SSSR count). The van der Waals surface area contributed by atoms with Gasteiger partial charge in [-0.3, -0.25) is 14.4 Å². The molecule has 0 aromatic heterocycles. The minimum absolute atomic E-state index is 0.0558. The zero-order valence-corrected chi connectivity index (χ0v) is 15.5. The van der Waals surface area contributed by atoms with Crippen LogP contribution < -0.4 is 15.5 Å². The van der Waals surface area contributed by atoms with Crippen LogP contribution in [-0.4, -0.2) is 36.3 Å². The van der Waals surface area contributed by atoms with Gasteiger partial charge in [0.1, 0.15) is 6.04 Å². The van der Waals surface area contributed by atoms with Crippen LogP contribution in [0.2, 0.25) is 5.02 Å². The molecule has 3 atom stereocenters. The zero-order valence-electron chi connectivity index (χ0n) is 14.7. The molecule has 0 spiro atoms. The summed E-state index contributed by atoms with van der Waals surface area (Å²) in [6.45, 7) is 5.82. The fraction of sp³-hybridized carbons (Fsp3) is 0.500. The second-order valence-electron chi connectivity index (χ2n) is 6.43. The third-order valence-electron chi connectivity index (χ3n) is 4.39. The van der Waals surface area contributed by atoms with Gasteiger partial charge in [-0.15, -0.1) is 0 Å². The molecule has 1 aliphatic heterocycles. The number of carbonyl (C=O) groups is 3. The largest absolute Gasteiger partial charge is 0.352 e. The standard InChI is InChI=1S/C18H24ClN3O3/c1-4-11(2)20-17(24)12(3)21-18(25)13-9-16(23)22(10-13)15-7-5-14(19)6-8-15/h5-8,11-13H,4,9-10H2,1-3H3,(H,20,24)(H,21,25). The van der Waals surface area contributed by atoms with E-state index in [1.807, 2.05) is 13.8 Å². The predicted molar refractivity (Wildman–Crippen MR) is 97.4 cm³/mol. The quantitative estimate of drug-likeness (QED) is 0.810. The molecule has 1 saturated heterocycles. The van der Waals surface area contributed by atoms with Gasteiger partial charge in [-0.05, 0) is 44.5 Å². The topological polar surface area (TPSA) is 78.5 Å². The first-order valence-electron chi connectivity index (χ1n) is 8.48. The molecular weight excluding hydrogens is 342 g/mol. The molecule has 0 saturated carbocycles. The van der Waals surface area contributed by atoms with Crippen molar-refractivity contribution in [2.24, 2.45) is 5.92 Å². The Morgan fingerprint density at radius 2 is 1.88 bits per heavy atom. The molecule has 0 aliphatic carbocycles. The first kappa shape index (κ1) is 19.2. The summed E-state index contributed by atoms with van der Waals surface area (Å²) in [6.07, 6.45) is 0.952. The second-order valence-corrected chi connectivity index (χ2v) is 6.87. The molecule has 3 unspecified atom stereocenters. The molecule has 1 fully saturated rings. The Morgan fingerprint density at radius 3 is 2.48 bits per heavy atom. The fourth-order valence-corrected chi connectivity index (χ4v) is 2.75. The molecule has 6 nitrogen and oxygen atoms in total. The monoisotopic (exact) mass is 365 g/mol. The summed E-state index contributed by atoms with van der Waals surface area (Å²) >= 11 is 5.86. The third-order valence-corrected chi connectivity index (χ3v) is 4.64. The van der Waals surface area contributed by atoms with Gasteiger partial charge in [0.25, 0.3) is 0 Å². The van der Waals surface area contributed by atoms with E-state index in [1.54, 1.807) is 36.1 Å².